The van der Waals surface area contributed by atoms with Crippen LogP contribution in [0.15, 0.2) is 48.7 Å². The third-order valence-electron chi connectivity index (χ3n) is 4.33. The van der Waals surface area contributed by atoms with Crippen molar-refractivity contribution in [1.29, 1.82) is 0 Å². The van der Waals surface area contributed by atoms with Gasteiger partial charge in [0.2, 0.25) is 0 Å². The van der Waals surface area contributed by atoms with Gasteiger partial charge in [0.15, 0.2) is 0 Å². The molecule has 0 aliphatic rings. The molecule has 3 aromatic rings. The molecule has 0 aliphatic carbocycles. The van der Waals surface area contributed by atoms with Crippen LogP contribution in [0.5, 0.6) is 0 Å². The summed E-state index contributed by atoms with van der Waals surface area (Å²) < 4.78 is 40.0. The number of amides is 1. The van der Waals surface area contributed by atoms with Gasteiger partial charge in [0.05, 0.1) is 21.8 Å². The summed E-state index contributed by atoms with van der Waals surface area (Å²) in [7, 11) is 0. The lowest BCUT2D eigenvalue weighted by Crippen LogP contribution is -2.45. The fourth-order valence-corrected chi connectivity index (χ4v) is 3.35. The molecule has 0 spiro atoms. The zero-order valence-corrected chi connectivity index (χ0v) is 16.1. The second-order valence-electron chi connectivity index (χ2n) is 7.38. The molecular formula is C20H18ClF3N2O2. The number of carbonyl (C=O) groups is 1. The maximum absolute atomic E-state index is 12.8. The Morgan fingerprint density at radius 2 is 1.68 bits per heavy atom. The second kappa shape index (κ2) is 6.74. The number of anilines is 1. The average Bonchev–Trinajstić information content (AvgIpc) is 2.95. The first-order valence-electron chi connectivity index (χ1n) is 8.41. The quantitative estimate of drug-likeness (QED) is 0.518. The van der Waals surface area contributed by atoms with Crippen molar-refractivity contribution in [1.82, 2.24) is 4.57 Å². The van der Waals surface area contributed by atoms with Gasteiger partial charge in [-0.25, -0.2) is 4.79 Å². The lowest BCUT2D eigenvalue weighted by Gasteiger charge is -2.33. The minimum Gasteiger partial charge on any atom is -0.465 e. The minimum absolute atomic E-state index is 0.233. The van der Waals surface area contributed by atoms with Crippen LogP contribution < -0.4 is 4.90 Å². The number of rotatable bonds is 2. The lowest BCUT2D eigenvalue weighted by molar-refractivity contribution is -0.137. The fourth-order valence-electron chi connectivity index (χ4n) is 3.10. The smallest absolute Gasteiger partial charge is 0.416 e. The second-order valence-corrected chi connectivity index (χ2v) is 7.79. The van der Waals surface area contributed by atoms with Gasteiger partial charge in [-0.05, 0) is 63.2 Å². The van der Waals surface area contributed by atoms with Crippen LogP contribution in [0, 0.1) is 0 Å². The molecule has 0 radical (unpaired) electrons. The molecule has 0 atom stereocenters. The zero-order valence-electron chi connectivity index (χ0n) is 15.4. The van der Waals surface area contributed by atoms with Crippen LogP contribution in [-0.4, -0.2) is 21.3 Å². The Hall–Kier alpha value is -2.67. The Balaban J connectivity index is 2.10. The highest BCUT2D eigenvalue weighted by Gasteiger charge is 2.31. The molecule has 148 valence electrons. The summed E-state index contributed by atoms with van der Waals surface area (Å²) in [6.07, 6.45) is -3.82. The van der Waals surface area contributed by atoms with Gasteiger partial charge in [-0.3, -0.25) is 4.90 Å². The number of hydrogen-bond acceptors (Lipinski definition) is 1. The number of nitrogens with zero attached hydrogens (tertiary/aromatic N) is 2. The average molecular weight is 411 g/mol. The first-order chi connectivity index (χ1) is 12.9. The molecule has 28 heavy (non-hydrogen) atoms. The molecule has 0 saturated carbocycles. The van der Waals surface area contributed by atoms with Crippen molar-refractivity contribution in [2.24, 2.45) is 0 Å². The number of alkyl halides is 3. The van der Waals surface area contributed by atoms with Crippen molar-refractivity contribution in [3.05, 3.63) is 59.2 Å². The first-order valence-corrected chi connectivity index (χ1v) is 8.79. The predicted molar refractivity (Wildman–Crippen MR) is 104 cm³/mol. The Morgan fingerprint density at radius 3 is 2.18 bits per heavy atom. The zero-order chi connectivity index (χ0) is 20.9. The van der Waals surface area contributed by atoms with Crippen molar-refractivity contribution in [2.45, 2.75) is 32.5 Å². The van der Waals surface area contributed by atoms with Crippen LogP contribution in [0.3, 0.4) is 0 Å². The molecule has 1 N–H and O–H groups in total. The van der Waals surface area contributed by atoms with Gasteiger partial charge in [0.25, 0.3) is 0 Å². The van der Waals surface area contributed by atoms with E-state index in [1.165, 1.54) is 17.0 Å². The van der Waals surface area contributed by atoms with E-state index in [0.29, 0.717) is 16.9 Å². The molecule has 4 nitrogen and oxygen atoms in total. The summed E-state index contributed by atoms with van der Waals surface area (Å²) in [6.45, 7) is 5.28. The molecule has 0 unspecified atom stereocenters. The Labute approximate surface area is 164 Å². The number of aromatic nitrogens is 1. The summed E-state index contributed by atoms with van der Waals surface area (Å²) in [5, 5.41) is 10.6. The number of hydrogen-bond donors (Lipinski definition) is 1. The Kier molecular flexibility index (Phi) is 4.83. The topological polar surface area (TPSA) is 45.5 Å². The maximum Gasteiger partial charge on any atom is 0.416 e. The molecule has 0 saturated heterocycles. The van der Waals surface area contributed by atoms with E-state index in [-0.39, 0.29) is 5.02 Å². The maximum atomic E-state index is 12.8. The van der Waals surface area contributed by atoms with Gasteiger partial charge >= 0.3 is 12.3 Å². The van der Waals surface area contributed by atoms with Crippen LogP contribution in [0.4, 0.5) is 23.7 Å². The highest BCUT2D eigenvalue weighted by molar-refractivity contribution is 6.34. The van der Waals surface area contributed by atoms with E-state index in [4.69, 9.17) is 11.6 Å². The monoisotopic (exact) mass is 410 g/mol. The molecular weight excluding hydrogens is 393 g/mol. The molecule has 0 fully saturated rings. The number of benzene rings is 2. The highest BCUT2D eigenvalue weighted by Crippen LogP contribution is 2.36. The third-order valence-corrected chi connectivity index (χ3v) is 4.64. The van der Waals surface area contributed by atoms with E-state index in [9.17, 15) is 23.1 Å². The predicted octanol–water partition coefficient (Wildman–Crippen LogP) is 6.59. The molecule has 0 aliphatic heterocycles. The molecule has 1 amide bonds. The molecule has 0 bridgehead atoms. The summed E-state index contributed by atoms with van der Waals surface area (Å²) >= 11 is 6.38. The highest BCUT2D eigenvalue weighted by atomic mass is 35.5. The molecule has 2 aromatic carbocycles. The van der Waals surface area contributed by atoms with E-state index in [1.54, 1.807) is 49.7 Å². The summed E-state index contributed by atoms with van der Waals surface area (Å²) in [6, 6.07) is 9.83. The molecule has 1 aromatic heterocycles. The van der Waals surface area contributed by atoms with Crippen LogP contribution >= 0.6 is 11.6 Å². The van der Waals surface area contributed by atoms with E-state index in [1.807, 2.05) is 0 Å². The van der Waals surface area contributed by atoms with Crippen molar-refractivity contribution in [3.63, 3.8) is 0 Å². The van der Waals surface area contributed by atoms with Gasteiger partial charge < -0.3 is 9.67 Å². The number of halogens is 4. The molecule has 8 heteroatoms. The van der Waals surface area contributed by atoms with E-state index < -0.39 is 23.4 Å². The number of carboxylic acid groups (broad SMARTS) is 1. The normalized spacial score (nSPS) is 12.4. The van der Waals surface area contributed by atoms with Crippen LogP contribution in [0.1, 0.15) is 26.3 Å². The largest absolute Gasteiger partial charge is 0.465 e. The SMILES string of the molecule is CC(C)(C)N(C(=O)O)c1cc2ccn(-c3ccc(C(F)(F)F)cc3)c2cc1Cl. The Morgan fingerprint density at radius 1 is 1.07 bits per heavy atom. The van der Waals surface area contributed by atoms with Gasteiger partial charge in [-0.1, -0.05) is 11.6 Å². The molecule has 3 rings (SSSR count). The van der Waals surface area contributed by atoms with E-state index >= 15 is 0 Å². The molecule has 1 heterocycles. The Bertz CT molecular complexity index is 1030. The van der Waals surface area contributed by atoms with Crippen LogP contribution in [0.2, 0.25) is 5.02 Å². The van der Waals surface area contributed by atoms with Crippen LogP contribution in [-0.2, 0) is 6.18 Å². The van der Waals surface area contributed by atoms with Gasteiger partial charge in [0, 0.05) is 22.8 Å². The summed E-state index contributed by atoms with van der Waals surface area (Å²) in [5.74, 6) is 0. The van der Waals surface area contributed by atoms with Crippen LogP contribution in [0.25, 0.3) is 16.6 Å². The summed E-state index contributed by atoms with van der Waals surface area (Å²) in [4.78, 5) is 12.9. The van der Waals surface area contributed by atoms with Gasteiger partial charge in [-0.2, -0.15) is 13.2 Å². The lowest BCUT2D eigenvalue weighted by atomic mass is 10.0. The standard InChI is InChI=1S/C20H18ClF3N2O2/c1-19(2,3)26(18(27)28)17-10-12-8-9-25(16(12)11-15(17)21)14-6-4-13(5-7-14)20(22,23)24/h4-11H,1-3H3,(H,27,28). The fraction of sp³-hybridized carbons (Fsp3) is 0.250. The van der Waals surface area contributed by atoms with Crippen molar-refractivity contribution in [2.75, 3.05) is 4.90 Å². The first kappa shape index (κ1) is 20.1. The number of fused-ring (bicyclic) bond motifs is 1. The summed E-state index contributed by atoms with van der Waals surface area (Å²) in [5.41, 5.74) is 0.110. The minimum atomic E-state index is -4.40. The van der Waals surface area contributed by atoms with E-state index in [0.717, 1.165) is 17.5 Å². The van der Waals surface area contributed by atoms with Crippen molar-refractivity contribution in [3.8, 4) is 5.69 Å². The van der Waals surface area contributed by atoms with Gasteiger partial charge in [0.1, 0.15) is 0 Å². The van der Waals surface area contributed by atoms with E-state index in [2.05, 4.69) is 0 Å². The van der Waals surface area contributed by atoms with Crippen molar-refractivity contribution >= 4 is 34.3 Å². The third kappa shape index (κ3) is 3.67. The van der Waals surface area contributed by atoms with Gasteiger partial charge in [-0.15, -0.1) is 0 Å². The van der Waals surface area contributed by atoms with Crippen molar-refractivity contribution < 1.29 is 23.1 Å².